The van der Waals surface area contributed by atoms with Crippen molar-refractivity contribution >= 4 is 39.6 Å². The first-order valence-electron chi connectivity index (χ1n) is 6.13. The second kappa shape index (κ2) is 6.64. The fourth-order valence-corrected chi connectivity index (χ4v) is 3.18. The van der Waals surface area contributed by atoms with Gasteiger partial charge in [0, 0.05) is 29.4 Å². The van der Waals surface area contributed by atoms with E-state index in [2.05, 4.69) is 10.3 Å². The van der Waals surface area contributed by atoms with Gasteiger partial charge in [0.25, 0.3) is 0 Å². The maximum Gasteiger partial charge on any atom is 0.307 e. The van der Waals surface area contributed by atoms with E-state index in [1.807, 2.05) is 6.92 Å². The molecule has 0 radical (unpaired) electrons. The number of nitrogens with two attached hydrogens (primary N) is 1. The highest BCUT2D eigenvalue weighted by Gasteiger charge is 2.10. The number of amides is 2. The maximum absolute atomic E-state index is 11.8. The predicted molar refractivity (Wildman–Crippen MR) is 81.6 cm³/mol. The van der Waals surface area contributed by atoms with E-state index in [1.54, 1.807) is 15.3 Å². The number of carbonyl (C=O) groups excluding carboxylic acids is 2. The van der Waals surface area contributed by atoms with Crippen LogP contribution in [0.5, 0.6) is 0 Å². The third-order valence-corrected chi connectivity index (χ3v) is 4.38. The first kappa shape index (κ1) is 15.4. The molecule has 9 heteroatoms. The molecular weight excluding hydrogens is 312 g/mol. The molecule has 7 nitrogen and oxygen atoms in total. The monoisotopic (exact) mass is 326 g/mol. The Morgan fingerprint density at radius 3 is 2.76 bits per heavy atom. The lowest BCUT2D eigenvalue weighted by atomic mass is 10.3. The summed E-state index contributed by atoms with van der Waals surface area (Å²) in [6.45, 7) is 2.16. The molecule has 0 unspecified atom stereocenters. The smallest absolute Gasteiger partial charge is 0.307 e. The average molecular weight is 326 g/mol. The van der Waals surface area contributed by atoms with Crippen molar-refractivity contribution in [1.82, 2.24) is 9.55 Å². The van der Waals surface area contributed by atoms with Crippen LogP contribution in [0.15, 0.2) is 15.6 Å². The van der Waals surface area contributed by atoms with Crippen molar-refractivity contribution in [3.63, 3.8) is 0 Å². The minimum absolute atomic E-state index is 0.0515. The van der Waals surface area contributed by atoms with Crippen molar-refractivity contribution in [2.24, 2.45) is 5.73 Å². The van der Waals surface area contributed by atoms with Gasteiger partial charge in [-0.2, -0.15) is 0 Å². The summed E-state index contributed by atoms with van der Waals surface area (Å²) in [4.78, 5) is 38.1. The summed E-state index contributed by atoms with van der Waals surface area (Å²) >= 11 is 2.35. The second-order valence-electron chi connectivity index (χ2n) is 4.38. The Morgan fingerprint density at radius 2 is 2.14 bits per heavy atom. The van der Waals surface area contributed by atoms with Gasteiger partial charge in [-0.3, -0.25) is 14.4 Å². The van der Waals surface area contributed by atoms with Crippen LogP contribution in [-0.4, -0.2) is 21.4 Å². The number of anilines is 1. The van der Waals surface area contributed by atoms with Crippen LogP contribution in [0, 0.1) is 6.92 Å². The van der Waals surface area contributed by atoms with Gasteiger partial charge in [0.2, 0.25) is 11.8 Å². The van der Waals surface area contributed by atoms with E-state index >= 15 is 0 Å². The Bertz CT molecular complexity index is 716. The number of aromatic nitrogens is 2. The van der Waals surface area contributed by atoms with E-state index in [0.717, 1.165) is 17.0 Å². The fourth-order valence-electron chi connectivity index (χ4n) is 1.69. The van der Waals surface area contributed by atoms with E-state index < -0.39 is 5.91 Å². The number of nitrogens with zero attached hydrogens (tertiary/aromatic N) is 2. The van der Waals surface area contributed by atoms with Gasteiger partial charge in [-0.15, -0.1) is 11.3 Å². The van der Waals surface area contributed by atoms with Crippen molar-refractivity contribution in [2.45, 2.75) is 26.3 Å². The average Bonchev–Trinajstić information content (AvgIpc) is 2.95. The third-order valence-electron chi connectivity index (χ3n) is 2.69. The number of hydrogen-bond donors (Lipinski definition) is 2. The van der Waals surface area contributed by atoms with Crippen LogP contribution in [0.4, 0.5) is 5.13 Å². The van der Waals surface area contributed by atoms with E-state index in [-0.39, 0.29) is 23.6 Å². The minimum Gasteiger partial charge on any atom is -0.369 e. The highest BCUT2D eigenvalue weighted by Crippen LogP contribution is 2.16. The van der Waals surface area contributed by atoms with Crippen molar-refractivity contribution in [2.75, 3.05) is 5.32 Å². The number of nitrogens with one attached hydrogen (secondary N) is 1. The molecule has 3 N–H and O–H groups in total. The molecule has 0 fully saturated rings. The van der Waals surface area contributed by atoms with E-state index in [9.17, 15) is 14.4 Å². The largest absolute Gasteiger partial charge is 0.369 e. The number of rotatable bonds is 6. The van der Waals surface area contributed by atoms with Gasteiger partial charge >= 0.3 is 4.87 Å². The molecule has 0 aromatic carbocycles. The molecule has 21 heavy (non-hydrogen) atoms. The minimum atomic E-state index is -0.467. The van der Waals surface area contributed by atoms with Gasteiger partial charge in [-0.05, 0) is 6.92 Å². The van der Waals surface area contributed by atoms with Crippen LogP contribution >= 0.6 is 22.7 Å². The molecule has 0 spiro atoms. The first-order valence-corrected chi connectivity index (χ1v) is 7.89. The Morgan fingerprint density at radius 1 is 1.38 bits per heavy atom. The molecule has 0 aliphatic heterocycles. The Hall–Kier alpha value is -2.00. The number of thiazole rings is 2. The summed E-state index contributed by atoms with van der Waals surface area (Å²) in [5.74, 6) is -0.696. The van der Waals surface area contributed by atoms with Crippen LogP contribution in [0.25, 0.3) is 0 Å². The molecule has 0 saturated heterocycles. The standard InChI is InChI=1S/C12H14N4O3S2/c1-7-5-21-12(19)16(7)3-2-10(18)15-11-14-8(6-20-11)4-9(13)17/h5-6H,2-4H2,1H3,(H2,13,17)(H,14,15,18). The zero-order valence-electron chi connectivity index (χ0n) is 11.3. The van der Waals surface area contributed by atoms with Crippen LogP contribution in [0.3, 0.4) is 0 Å². The van der Waals surface area contributed by atoms with Crippen LogP contribution in [-0.2, 0) is 22.6 Å². The van der Waals surface area contributed by atoms with Crippen molar-refractivity contribution < 1.29 is 9.59 Å². The molecule has 2 rings (SSSR count). The maximum atomic E-state index is 11.8. The van der Waals surface area contributed by atoms with Gasteiger partial charge in [0.1, 0.15) is 0 Å². The molecule has 2 aromatic heterocycles. The summed E-state index contributed by atoms with van der Waals surface area (Å²) in [7, 11) is 0. The number of hydrogen-bond acceptors (Lipinski definition) is 6. The first-order chi connectivity index (χ1) is 9.95. The summed E-state index contributed by atoms with van der Waals surface area (Å²) in [5.41, 5.74) is 6.45. The van der Waals surface area contributed by atoms with Gasteiger partial charge in [0.05, 0.1) is 12.1 Å². The lowest BCUT2D eigenvalue weighted by molar-refractivity contribution is -0.117. The van der Waals surface area contributed by atoms with E-state index in [4.69, 9.17) is 5.73 Å². The molecule has 0 atom stereocenters. The molecule has 2 amide bonds. The SMILES string of the molecule is Cc1csc(=O)n1CCC(=O)Nc1nc(CC(N)=O)cs1. The van der Waals surface area contributed by atoms with Gasteiger partial charge in [-0.1, -0.05) is 11.3 Å². The number of carbonyl (C=O) groups is 2. The number of primary amides is 1. The Labute approximate surface area is 128 Å². The molecule has 2 heterocycles. The van der Waals surface area contributed by atoms with Crippen LogP contribution in [0.1, 0.15) is 17.8 Å². The molecule has 0 saturated carbocycles. The third kappa shape index (κ3) is 4.23. The van der Waals surface area contributed by atoms with E-state index in [0.29, 0.717) is 17.4 Å². The molecule has 112 valence electrons. The van der Waals surface area contributed by atoms with Gasteiger partial charge in [-0.25, -0.2) is 4.98 Å². The normalized spacial score (nSPS) is 10.5. The number of aryl methyl sites for hydroxylation is 1. The quantitative estimate of drug-likeness (QED) is 0.816. The van der Waals surface area contributed by atoms with Crippen molar-refractivity contribution in [3.8, 4) is 0 Å². The van der Waals surface area contributed by atoms with E-state index in [1.165, 1.54) is 11.3 Å². The summed E-state index contributed by atoms with van der Waals surface area (Å²) in [6.07, 6.45) is 0.234. The lowest BCUT2D eigenvalue weighted by Gasteiger charge is -2.04. The highest BCUT2D eigenvalue weighted by atomic mass is 32.1. The Balaban J connectivity index is 1.89. The van der Waals surface area contributed by atoms with Crippen LogP contribution in [0.2, 0.25) is 0 Å². The molecule has 2 aromatic rings. The molecule has 0 bridgehead atoms. The summed E-state index contributed by atoms with van der Waals surface area (Å²) < 4.78 is 1.56. The van der Waals surface area contributed by atoms with Crippen molar-refractivity contribution in [3.05, 3.63) is 31.8 Å². The summed E-state index contributed by atoms with van der Waals surface area (Å²) in [5, 5.41) is 6.50. The fraction of sp³-hybridized carbons (Fsp3) is 0.333. The van der Waals surface area contributed by atoms with Gasteiger partial charge < -0.3 is 15.6 Å². The predicted octanol–water partition coefficient (Wildman–Crippen LogP) is 0.731. The second-order valence-corrected chi connectivity index (χ2v) is 6.06. The van der Waals surface area contributed by atoms with Crippen LogP contribution < -0.4 is 15.9 Å². The molecule has 0 aliphatic carbocycles. The highest BCUT2D eigenvalue weighted by molar-refractivity contribution is 7.13. The van der Waals surface area contributed by atoms with Crippen molar-refractivity contribution in [1.29, 1.82) is 0 Å². The zero-order valence-corrected chi connectivity index (χ0v) is 12.9. The van der Waals surface area contributed by atoms with Gasteiger partial charge in [0.15, 0.2) is 5.13 Å². The lowest BCUT2D eigenvalue weighted by Crippen LogP contribution is -2.20. The zero-order chi connectivity index (χ0) is 15.4. The molecule has 0 aliphatic rings. The molecular formula is C12H14N4O3S2. The Kier molecular flexibility index (Phi) is 4.86. The summed E-state index contributed by atoms with van der Waals surface area (Å²) in [6, 6.07) is 0. The topological polar surface area (TPSA) is 107 Å².